The zero-order valence-corrected chi connectivity index (χ0v) is 13.1. The van der Waals surface area contributed by atoms with Crippen molar-refractivity contribution < 1.29 is 29.4 Å². The Morgan fingerprint density at radius 1 is 1.18 bits per heavy atom. The van der Waals surface area contributed by atoms with Gasteiger partial charge in [-0.3, -0.25) is 14.4 Å². The first-order chi connectivity index (χ1) is 10.0. The van der Waals surface area contributed by atoms with E-state index in [4.69, 9.17) is 10.2 Å². The van der Waals surface area contributed by atoms with Crippen LogP contribution in [0.25, 0.3) is 0 Å². The predicted molar refractivity (Wildman–Crippen MR) is 75.9 cm³/mol. The fourth-order valence-corrected chi connectivity index (χ4v) is 2.72. The number of hydrogen-bond acceptors (Lipinski definition) is 4. The molecule has 22 heavy (non-hydrogen) atoms. The van der Waals surface area contributed by atoms with Gasteiger partial charge in [-0.25, -0.2) is 4.79 Å². The van der Waals surface area contributed by atoms with Crippen LogP contribution in [0.4, 0.5) is 0 Å². The van der Waals surface area contributed by atoms with Crippen molar-refractivity contribution in [2.45, 2.75) is 33.7 Å². The number of carbonyl (C=O) groups is 4. The fraction of sp³-hybridized carbons (Fsp3) is 0.714. The van der Waals surface area contributed by atoms with E-state index in [1.807, 2.05) is 0 Å². The van der Waals surface area contributed by atoms with Crippen molar-refractivity contribution in [2.24, 2.45) is 17.3 Å². The minimum atomic E-state index is -1.18. The second kappa shape index (κ2) is 6.33. The summed E-state index contributed by atoms with van der Waals surface area (Å²) in [5.74, 6) is -4.59. The Morgan fingerprint density at radius 3 is 2.09 bits per heavy atom. The van der Waals surface area contributed by atoms with Gasteiger partial charge in [-0.2, -0.15) is 0 Å². The molecule has 8 nitrogen and oxygen atoms in total. The molecule has 1 unspecified atom stereocenters. The lowest BCUT2D eigenvalue weighted by atomic mass is 10.1. The first-order valence-electron chi connectivity index (χ1n) is 7.02. The standard InChI is InChI=1S/C14H22N2O6/c1-7(12(19)20)16(6-5-15-8(2)17)11(18)9-10(13(21)22)14(9,3)4/h7,9-10H,5-6H2,1-4H3,(H,15,17)(H,19,20)(H,21,22)/t7?,9-,10+/m0/s1. The van der Waals surface area contributed by atoms with Crippen LogP contribution in [0.2, 0.25) is 0 Å². The zero-order chi connectivity index (χ0) is 17.2. The van der Waals surface area contributed by atoms with Crippen molar-refractivity contribution in [3.05, 3.63) is 0 Å². The van der Waals surface area contributed by atoms with Crippen LogP contribution < -0.4 is 5.32 Å². The molecule has 1 aliphatic carbocycles. The molecule has 0 aromatic heterocycles. The topological polar surface area (TPSA) is 124 Å². The number of carbonyl (C=O) groups excluding carboxylic acids is 2. The molecule has 0 saturated heterocycles. The van der Waals surface area contributed by atoms with E-state index in [0.717, 1.165) is 4.90 Å². The Kier molecular flexibility index (Phi) is 5.16. The maximum atomic E-state index is 12.5. The molecule has 0 aromatic carbocycles. The van der Waals surface area contributed by atoms with Crippen LogP contribution in [0.3, 0.4) is 0 Å². The average Bonchev–Trinajstić information content (AvgIpc) is 2.96. The summed E-state index contributed by atoms with van der Waals surface area (Å²) in [6.45, 7) is 6.16. The van der Waals surface area contributed by atoms with Crippen molar-refractivity contribution in [2.75, 3.05) is 13.1 Å². The van der Waals surface area contributed by atoms with Crippen LogP contribution in [0, 0.1) is 17.3 Å². The van der Waals surface area contributed by atoms with Gasteiger partial charge in [-0.05, 0) is 12.3 Å². The Morgan fingerprint density at radius 2 is 1.73 bits per heavy atom. The Labute approximate surface area is 128 Å². The molecule has 0 bridgehead atoms. The summed E-state index contributed by atoms with van der Waals surface area (Å²) in [5.41, 5.74) is -0.701. The first-order valence-corrected chi connectivity index (χ1v) is 7.02. The highest BCUT2D eigenvalue weighted by Crippen LogP contribution is 2.59. The molecular weight excluding hydrogens is 292 g/mol. The summed E-state index contributed by atoms with van der Waals surface area (Å²) >= 11 is 0. The summed E-state index contributed by atoms with van der Waals surface area (Å²) in [7, 11) is 0. The molecule has 8 heteroatoms. The van der Waals surface area contributed by atoms with Gasteiger partial charge in [0.05, 0.1) is 11.8 Å². The summed E-state index contributed by atoms with van der Waals surface area (Å²) in [6.07, 6.45) is 0. The summed E-state index contributed by atoms with van der Waals surface area (Å²) in [6, 6.07) is -1.09. The normalized spacial score (nSPS) is 23.3. The highest BCUT2D eigenvalue weighted by molar-refractivity contribution is 5.93. The monoisotopic (exact) mass is 314 g/mol. The highest BCUT2D eigenvalue weighted by atomic mass is 16.4. The molecule has 0 spiro atoms. The summed E-state index contributed by atoms with van der Waals surface area (Å²) in [4.78, 5) is 46.9. The zero-order valence-electron chi connectivity index (χ0n) is 13.1. The van der Waals surface area contributed by atoms with E-state index in [1.165, 1.54) is 13.8 Å². The molecule has 1 saturated carbocycles. The lowest BCUT2D eigenvalue weighted by molar-refractivity contribution is -0.150. The van der Waals surface area contributed by atoms with Gasteiger partial charge in [0.25, 0.3) is 0 Å². The Hall–Kier alpha value is -2.12. The van der Waals surface area contributed by atoms with Gasteiger partial charge in [0.1, 0.15) is 6.04 Å². The van der Waals surface area contributed by atoms with Crippen LogP contribution in [0.5, 0.6) is 0 Å². The van der Waals surface area contributed by atoms with E-state index in [9.17, 15) is 19.2 Å². The van der Waals surface area contributed by atoms with Gasteiger partial charge in [-0.1, -0.05) is 13.8 Å². The molecule has 1 aliphatic rings. The molecular formula is C14H22N2O6. The maximum absolute atomic E-state index is 12.5. The fourth-order valence-electron chi connectivity index (χ4n) is 2.72. The Balaban J connectivity index is 2.87. The molecule has 124 valence electrons. The minimum absolute atomic E-state index is 0.0186. The van der Waals surface area contributed by atoms with Crippen LogP contribution in [0.15, 0.2) is 0 Å². The third-order valence-electron chi connectivity index (χ3n) is 4.19. The third-order valence-corrected chi connectivity index (χ3v) is 4.19. The SMILES string of the molecule is CC(=O)NCCN(C(=O)[C@@H]1[C@H](C(=O)O)C1(C)C)C(C)C(=O)O. The number of nitrogens with one attached hydrogen (secondary N) is 1. The van der Waals surface area contributed by atoms with Gasteiger partial charge in [0, 0.05) is 20.0 Å². The smallest absolute Gasteiger partial charge is 0.326 e. The van der Waals surface area contributed by atoms with Gasteiger partial charge in [-0.15, -0.1) is 0 Å². The van der Waals surface area contributed by atoms with E-state index < -0.39 is 41.1 Å². The highest BCUT2D eigenvalue weighted by Gasteiger charge is 2.66. The van der Waals surface area contributed by atoms with Crippen LogP contribution >= 0.6 is 0 Å². The van der Waals surface area contributed by atoms with E-state index in [2.05, 4.69) is 5.32 Å². The second-order valence-corrected chi connectivity index (χ2v) is 6.14. The van der Waals surface area contributed by atoms with Gasteiger partial charge < -0.3 is 20.4 Å². The number of carboxylic acids is 2. The second-order valence-electron chi connectivity index (χ2n) is 6.14. The Bertz CT molecular complexity index is 502. The molecule has 3 N–H and O–H groups in total. The van der Waals surface area contributed by atoms with Crippen molar-refractivity contribution in [1.29, 1.82) is 0 Å². The van der Waals surface area contributed by atoms with Crippen LogP contribution in [0.1, 0.15) is 27.7 Å². The number of aliphatic carboxylic acids is 2. The molecule has 1 rings (SSSR count). The quantitative estimate of drug-likeness (QED) is 0.597. The number of carboxylic acid groups (broad SMARTS) is 2. The average molecular weight is 314 g/mol. The number of amides is 2. The van der Waals surface area contributed by atoms with Gasteiger partial charge >= 0.3 is 11.9 Å². The van der Waals surface area contributed by atoms with Gasteiger partial charge in [0.2, 0.25) is 11.8 Å². The molecule has 0 aromatic rings. The van der Waals surface area contributed by atoms with E-state index in [-0.39, 0.29) is 19.0 Å². The lowest BCUT2D eigenvalue weighted by Gasteiger charge is -2.27. The largest absolute Gasteiger partial charge is 0.481 e. The number of nitrogens with zero attached hydrogens (tertiary/aromatic N) is 1. The minimum Gasteiger partial charge on any atom is -0.481 e. The predicted octanol–water partition coefficient (Wildman–Crippen LogP) is -0.219. The summed E-state index contributed by atoms with van der Waals surface area (Å²) in [5, 5.41) is 20.8. The molecule has 0 heterocycles. The molecule has 0 aliphatic heterocycles. The van der Waals surface area contributed by atoms with Crippen molar-refractivity contribution in [3.8, 4) is 0 Å². The van der Waals surface area contributed by atoms with E-state index >= 15 is 0 Å². The van der Waals surface area contributed by atoms with E-state index in [0.29, 0.717) is 0 Å². The van der Waals surface area contributed by atoms with Crippen molar-refractivity contribution in [1.82, 2.24) is 10.2 Å². The summed E-state index contributed by atoms with van der Waals surface area (Å²) < 4.78 is 0. The van der Waals surface area contributed by atoms with Gasteiger partial charge in [0.15, 0.2) is 0 Å². The molecule has 0 radical (unpaired) electrons. The molecule has 2 amide bonds. The third kappa shape index (κ3) is 3.55. The number of hydrogen-bond donors (Lipinski definition) is 3. The lowest BCUT2D eigenvalue weighted by Crippen LogP contribution is -2.48. The molecule has 3 atom stereocenters. The maximum Gasteiger partial charge on any atom is 0.326 e. The van der Waals surface area contributed by atoms with Crippen LogP contribution in [-0.4, -0.2) is 58.0 Å². The van der Waals surface area contributed by atoms with E-state index in [1.54, 1.807) is 13.8 Å². The number of rotatable bonds is 7. The van der Waals surface area contributed by atoms with Crippen molar-refractivity contribution in [3.63, 3.8) is 0 Å². The van der Waals surface area contributed by atoms with Crippen LogP contribution in [-0.2, 0) is 19.2 Å². The van der Waals surface area contributed by atoms with Crippen molar-refractivity contribution >= 4 is 23.8 Å². The molecule has 1 fully saturated rings. The first kappa shape index (κ1) is 17.9.